The summed E-state index contributed by atoms with van der Waals surface area (Å²) in [7, 11) is 1.76. The molecule has 1 heterocycles. The van der Waals surface area contributed by atoms with Crippen molar-refractivity contribution in [3.8, 4) is 0 Å². The van der Waals surface area contributed by atoms with E-state index < -0.39 is 0 Å². The van der Waals surface area contributed by atoms with Gasteiger partial charge in [0.05, 0.1) is 5.92 Å². The number of carbonyl (C=O) groups is 1. The van der Waals surface area contributed by atoms with Gasteiger partial charge in [0, 0.05) is 36.7 Å². The summed E-state index contributed by atoms with van der Waals surface area (Å²) >= 11 is 3.36. The summed E-state index contributed by atoms with van der Waals surface area (Å²) in [6, 6.07) is 15.2. The molecule has 138 valence electrons. The molecule has 26 heavy (non-hydrogen) atoms. The predicted molar refractivity (Wildman–Crippen MR) is 105 cm³/mol. The molecule has 1 fully saturated rings. The lowest BCUT2D eigenvalue weighted by molar-refractivity contribution is -0.136. The molecule has 0 radical (unpaired) electrons. The zero-order valence-corrected chi connectivity index (χ0v) is 16.6. The SMILES string of the molecule is CN(Cc1cc(Br)ccc1F)C(=O)C1CCCN(Cc2ccccc2)C1. The Kier molecular flexibility index (Phi) is 6.43. The van der Waals surface area contributed by atoms with Gasteiger partial charge in [0.1, 0.15) is 5.82 Å². The number of nitrogens with zero attached hydrogens (tertiary/aromatic N) is 2. The van der Waals surface area contributed by atoms with Crippen LogP contribution in [0.3, 0.4) is 0 Å². The van der Waals surface area contributed by atoms with Crippen LogP contribution in [0.4, 0.5) is 4.39 Å². The first-order valence-corrected chi connectivity index (χ1v) is 9.77. The van der Waals surface area contributed by atoms with Gasteiger partial charge < -0.3 is 4.90 Å². The Balaban J connectivity index is 1.60. The van der Waals surface area contributed by atoms with E-state index >= 15 is 0 Å². The van der Waals surface area contributed by atoms with Crippen LogP contribution in [0.5, 0.6) is 0 Å². The largest absolute Gasteiger partial charge is 0.341 e. The first-order chi connectivity index (χ1) is 12.5. The molecule has 3 rings (SSSR count). The minimum absolute atomic E-state index is 0.0207. The second kappa shape index (κ2) is 8.78. The molecule has 1 saturated heterocycles. The lowest BCUT2D eigenvalue weighted by Gasteiger charge is -2.34. The molecule has 5 heteroatoms. The van der Waals surface area contributed by atoms with Crippen molar-refractivity contribution >= 4 is 21.8 Å². The van der Waals surface area contributed by atoms with Crippen LogP contribution in [-0.2, 0) is 17.9 Å². The highest BCUT2D eigenvalue weighted by Crippen LogP contribution is 2.22. The van der Waals surface area contributed by atoms with Crippen LogP contribution in [0.1, 0.15) is 24.0 Å². The number of carbonyl (C=O) groups excluding carboxylic acids is 1. The van der Waals surface area contributed by atoms with E-state index in [-0.39, 0.29) is 17.6 Å². The molecular formula is C21H24BrFN2O. The number of hydrogen-bond donors (Lipinski definition) is 0. The van der Waals surface area contributed by atoms with Gasteiger partial charge in [-0.05, 0) is 43.1 Å². The molecule has 0 bridgehead atoms. The van der Waals surface area contributed by atoms with Crippen molar-refractivity contribution in [1.29, 1.82) is 0 Å². The summed E-state index contributed by atoms with van der Waals surface area (Å²) in [5.41, 5.74) is 1.80. The molecule has 1 aliphatic rings. The van der Waals surface area contributed by atoms with Crippen molar-refractivity contribution in [1.82, 2.24) is 9.80 Å². The Morgan fingerprint density at radius 3 is 2.81 bits per heavy atom. The quantitative estimate of drug-likeness (QED) is 0.715. The van der Waals surface area contributed by atoms with Crippen molar-refractivity contribution in [2.45, 2.75) is 25.9 Å². The molecule has 1 atom stereocenters. The van der Waals surface area contributed by atoms with Crippen molar-refractivity contribution in [2.75, 3.05) is 20.1 Å². The summed E-state index contributed by atoms with van der Waals surface area (Å²) in [5.74, 6) is -0.197. The maximum atomic E-state index is 14.0. The number of benzene rings is 2. The summed E-state index contributed by atoms with van der Waals surface area (Å²) in [4.78, 5) is 16.9. The van der Waals surface area contributed by atoms with E-state index in [2.05, 4.69) is 33.0 Å². The second-order valence-corrected chi connectivity index (χ2v) is 7.91. The molecular weight excluding hydrogens is 395 g/mol. The zero-order valence-electron chi connectivity index (χ0n) is 15.0. The lowest BCUT2D eigenvalue weighted by Crippen LogP contribution is -2.43. The summed E-state index contributed by atoms with van der Waals surface area (Å²) in [6.07, 6.45) is 1.91. The molecule has 1 aliphatic heterocycles. The van der Waals surface area contributed by atoms with Gasteiger partial charge >= 0.3 is 0 Å². The minimum Gasteiger partial charge on any atom is -0.341 e. The Morgan fingerprint density at radius 2 is 2.04 bits per heavy atom. The molecule has 0 aliphatic carbocycles. The zero-order chi connectivity index (χ0) is 18.5. The first kappa shape index (κ1) is 19.1. The van der Waals surface area contributed by atoms with Gasteiger partial charge in [-0.25, -0.2) is 4.39 Å². The van der Waals surface area contributed by atoms with Crippen molar-refractivity contribution in [2.24, 2.45) is 5.92 Å². The summed E-state index contributed by atoms with van der Waals surface area (Å²) in [5, 5.41) is 0. The average molecular weight is 419 g/mol. The van der Waals surface area contributed by atoms with E-state index in [4.69, 9.17) is 0 Å². The number of halogens is 2. The van der Waals surface area contributed by atoms with Gasteiger partial charge in [0.25, 0.3) is 0 Å². The van der Waals surface area contributed by atoms with Crippen molar-refractivity contribution < 1.29 is 9.18 Å². The monoisotopic (exact) mass is 418 g/mol. The molecule has 1 amide bonds. The fourth-order valence-corrected chi connectivity index (χ4v) is 3.96. The van der Waals surface area contributed by atoms with Gasteiger partial charge in [0.15, 0.2) is 0 Å². The average Bonchev–Trinajstić information content (AvgIpc) is 2.65. The number of likely N-dealkylation sites (tertiary alicyclic amines) is 1. The van der Waals surface area contributed by atoms with Crippen molar-refractivity contribution in [3.05, 3.63) is 69.9 Å². The number of hydrogen-bond acceptors (Lipinski definition) is 2. The molecule has 0 saturated carbocycles. The minimum atomic E-state index is -0.276. The summed E-state index contributed by atoms with van der Waals surface area (Å²) in [6.45, 7) is 2.94. The Labute approximate surface area is 162 Å². The number of amides is 1. The van der Waals surface area contributed by atoms with Crippen LogP contribution < -0.4 is 0 Å². The topological polar surface area (TPSA) is 23.6 Å². The molecule has 2 aromatic carbocycles. The van der Waals surface area contributed by atoms with Gasteiger partial charge in [-0.2, -0.15) is 0 Å². The third kappa shape index (κ3) is 4.92. The van der Waals surface area contributed by atoms with E-state index in [9.17, 15) is 9.18 Å². The highest BCUT2D eigenvalue weighted by molar-refractivity contribution is 9.10. The second-order valence-electron chi connectivity index (χ2n) is 6.99. The Hall–Kier alpha value is -1.72. The molecule has 2 aromatic rings. The van der Waals surface area contributed by atoms with Gasteiger partial charge in [0.2, 0.25) is 5.91 Å². The van der Waals surface area contributed by atoms with Crippen LogP contribution in [0.15, 0.2) is 53.0 Å². The van der Waals surface area contributed by atoms with Gasteiger partial charge in [-0.15, -0.1) is 0 Å². The number of rotatable bonds is 5. The Morgan fingerprint density at radius 1 is 1.27 bits per heavy atom. The molecule has 1 unspecified atom stereocenters. The fraction of sp³-hybridized carbons (Fsp3) is 0.381. The normalized spacial score (nSPS) is 17.9. The Bertz CT molecular complexity index is 753. The van der Waals surface area contributed by atoms with Crippen LogP contribution in [-0.4, -0.2) is 35.8 Å². The van der Waals surface area contributed by atoms with E-state index in [1.54, 1.807) is 24.1 Å². The first-order valence-electron chi connectivity index (χ1n) is 8.98. The highest BCUT2D eigenvalue weighted by Gasteiger charge is 2.28. The predicted octanol–water partition coefficient (Wildman–Crippen LogP) is 4.46. The van der Waals surface area contributed by atoms with Crippen LogP contribution in [0.2, 0.25) is 0 Å². The van der Waals surface area contributed by atoms with Crippen LogP contribution in [0.25, 0.3) is 0 Å². The molecule has 0 N–H and O–H groups in total. The van der Waals surface area contributed by atoms with Gasteiger partial charge in [-0.3, -0.25) is 9.69 Å². The standard InChI is InChI=1S/C21H24BrFN2O/c1-24(14-18-12-19(22)9-10-20(18)23)21(26)17-8-5-11-25(15-17)13-16-6-3-2-4-7-16/h2-4,6-7,9-10,12,17H,5,8,11,13-15H2,1H3. The van der Waals surface area contributed by atoms with Crippen LogP contribution in [0, 0.1) is 11.7 Å². The molecule has 0 aromatic heterocycles. The maximum Gasteiger partial charge on any atom is 0.227 e. The lowest BCUT2D eigenvalue weighted by atomic mass is 9.96. The van der Waals surface area contributed by atoms with Gasteiger partial charge in [-0.1, -0.05) is 46.3 Å². The fourth-order valence-electron chi connectivity index (χ4n) is 3.55. The third-order valence-electron chi connectivity index (χ3n) is 4.90. The molecule has 0 spiro atoms. The van der Waals surface area contributed by atoms with E-state index in [1.807, 2.05) is 18.2 Å². The highest BCUT2D eigenvalue weighted by atomic mass is 79.9. The summed E-state index contributed by atoms with van der Waals surface area (Å²) < 4.78 is 14.8. The third-order valence-corrected chi connectivity index (χ3v) is 5.39. The molecule has 3 nitrogen and oxygen atoms in total. The number of piperidine rings is 1. The van der Waals surface area contributed by atoms with E-state index in [1.165, 1.54) is 11.6 Å². The van der Waals surface area contributed by atoms with E-state index in [0.717, 1.165) is 36.9 Å². The van der Waals surface area contributed by atoms with Crippen molar-refractivity contribution in [3.63, 3.8) is 0 Å². The smallest absolute Gasteiger partial charge is 0.227 e. The van der Waals surface area contributed by atoms with Crippen LogP contribution >= 0.6 is 15.9 Å². The maximum absolute atomic E-state index is 14.0. The van der Waals surface area contributed by atoms with E-state index in [0.29, 0.717) is 12.1 Å².